The molecule has 43 heavy (non-hydrogen) atoms. The Bertz CT molecular complexity index is 1770. The minimum Gasteiger partial charge on any atom is -0.496 e. The van der Waals surface area contributed by atoms with Crippen molar-refractivity contribution in [3.63, 3.8) is 0 Å². The average Bonchev–Trinajstić information content (AvgIpc) is 3.35. The predicted octanol–water partition coefficient (Wildman–Crippen LogP) is 6.67. The fraction of sp³-hybridized carbons (Fsp3) is 0.323. The first kappa shape index (κ1) is 31.3. The third-order valence-corrected chi connectivity index (χ3v) is 10.9. The van der Waals surface area contributed by atoms with Crippen LogP contribution in [0.4, 0.5) is 8.78 Å². The van der Waals surface area contributed by atoms with E-state index in [1.54, 1.807) is 47.4 Å². The van der Waals surface area contributed by atoms with E-state index in [1.807, 2.05) is 19.2 Å². The lowest BCUT2D eigenvalue weighted by Crippen LogP contribution is -2.46. The van der Waals surface area contributed by atoms with Gasteiger partial charge in [0.15, 0.2) is 9.84 Å². The van der Waals surface area contributed by atoms with Crippen LogP contribution in [0.3, 0.4) is 0 Å². The van der Waals surface area contributed by atoms with Crippen LogP contribution in [0, 0.1) is 11.6 Å². The van der Waals surface area contributed by atoms with Gasteiger partial charge in [0.2, 0.25) is 0 Å². The number of nitrogens with two attached hydrogens (primary N) is 1. The van der Waals surface area contributed by atoms with Crippen LogP contribution in [0.25, 0.3) is 21.2 Å². The molecular formula is C31H32ClF2N3O4S2. The van der Waals surface area contributed by atoms with Crippen molar-refractivity contribution in [3.05, 3.63) is 81.7 Å². The Morgan fingerprint density at radius 2 is 1.60 bits per heavy atom. The Kier molecular flexibility index (Phi) is 9.10. The average molecular weight is 648 g/mol. The van der Waals surface area contributed by atoms with E-state index >= 15 is 0 Å². The van der Waals surface area contributed by atoms with E-state index < -0.39 is 27.4 Å². The van der Waals surface area contributed by atoms with Crippen LogP contribution in [-0.2, 0) is 16.4 Å². The summed E-state index contributed by atoms with van der Waals surface area (Å²) in [5.41, 5.74) is 2.31. The van der Waals surface area contributed by atoms with Crippen molar-refractivity contribution in [2.75, 3.05) is 20.4 Å². The highest BCUT2D eigenvalue weighted by Gasteiger charge is 2.34. The van der Waals surface area contributed by atoms with Gasteiger partial charge < -0.3 is 9.64 Å². The molecule has 0 aliphatic heterocycles. The van der Waals surface area contributed by atoms with Gasteiger partial charge in [-0.15, -0.1) is 11.3 Å². The first-order valence-corrected chi connectivity index (χ1v) is 16.8. The monoisotopic (exact) mass is 647 g/mol. The molecule has 0 spiro atoms. The predicted molar refractivity (Wildman–Crippen MR) is 166 cm³/mol. The second-order valence-electron chi connectivity index (χ2n) is 10.9. The van der Waals surface area contributed by atoms with E-state index in [2.05, 4.69) is 0 Å². The van der Waals surface area contributed by atoms with Crippen molar-refractivity contribution in [2.45, 2.75) is 49.2 Å². The third-order valence-electron chi connectivity index (χ3n) is 8.06. The Labute approximate surface area is 258 Å². The van der Waals surface area contributed by atoms with Crippen molar-refractivity contribution < 1.29 is 26.7 Å². The summed E-state index contributed by atoms with van der Waals surface area (Å²) in [4.78, 5) is 16.2. The number of ether oxygens (including phenoxy) is 1. The number of fused-ring (bicyclic) bond motifs is 1. The Morgan fingerprint density at radius 1 is 1.00 bits per heavy atom. The molecule has 0 atom stereocenters. The normalized spacial score (nSPS) is 17.4. The number of halogens is 3. The molecule has 12 heteroatoms. The number of methoxy groups -OCH3 is 1. The van der Waals surface area contributed by atoms with E-state index in [0.29, 0.717) is 24.2 Å². The lowest BCUT2D eigenvalue weighted by molar-refractivity contribution is 0.0560. The smallest absolute Gasteiger partial charge is 0.266 e. The maximum absolute atomic E-state index is 14.7. The third kappa shape index (κ3) is 6.41. The number of nitrogens with zero attached hydrogens (tertiary/aromatic N) is 2. The molecule has 0 saturated heterocycles. The number of hydrazine groups is 1. The molecule has 1 saturated carbocycles. The van der Waals surface area contributed by atoms with Gasteiger partial charge in [-0.25, -0.2) is 22.2 Å². The van der Waals surface area contributed by atoms with Crippen molar-refractivity contribution in [2.24, 2.45) is 5.84 Å². The quantitative estimate of drug-likeness (QED) is 0.170. The number of hydrogen-bond acceptors (Lipinski definition) is 7. The largest absolute Gasteiger partial charge is 0.496 e. The molecule has 1 aliphatic rings. The molecule has 5 rings (SSSR count). The number of carbonyl (C=O) groups excluding carboxylic acids is 1. The molecule has 1 heterocycles. The standard InChI is InChI=1S/C31H32ClF2N3O4S2/c1-36(35)21-7-9-22(10-8-21)37(31(38)30-28(32)27-24(33)13-14-25(34)29(27)42-30)17-20-16-19(6-15-26(20)41-2)18-4-11-23(12-5-18)43(3,39)40/h4-6,11-16,21-22H,7-10,17,35H2,1-3H3. The fourth-order valence-corrected chi connectivity index (χ4v) is 7.80. The number of amides is 1. The maximum atomic E-state index is 14.7. The summed E-state index contributed by atoms with van der Waals surface area (Å²) in [6.07, 6.45) is 4.06. The van der Waals surface area contributed by atoms with Crippen LogP contribution < -0.4 is 10.6 Å². The van der Waals surface area contributed by atoms with Crippen LogP contribution in [0.1, 0.15) is 40.9 Å². The highest BCUT2D eigenvalue weighted by molar-refractivity contribution is 7.90. The number of benzene rings is 3. The number of sulfone groups is 1. The summed E-state index contributed by atoms with van der Waals surface area (Å²) in [5.74, 6) is 4.82. The summed E-state index contributed by atoms with van der Waals surface area (Å²) < 4.78 is 58.8. The minimum absolute atomic E-state index is 0.00103. The van der Waals surface area contributed by atoms with Gasteiger partial charge >= 0.3 is 0 Å². The minimum atomic E-state index is -3.34. The molecule has 2 N–H and O–H groups in total. The summed E-state index contributed by atoms with van der Waals surface area (Å²) in [7, 11) is 0.0252. The highest BCUT2D eigenvalue weighted by atomic mass is 35.5. The van der Waals surface area contributed by atoms with Gasteiger partial charge in [0.05, 0.1) is 27.1 Å². The molecule has 1 fully saturated rings. The van der Waals surface area contributed by atoms with Crippen molar-refractivity contribution in [1.82, 2.24) is 9.91 Å². The van der Waals surface area contributed by atoms with Crippen LogP contribution >= 0.6 is 22.9 Å². The fourth-order valence-electron chi connectivity index (χ4n) is 5.67. The highest BCUT2D eigenvalue weighted by Crippen LogP contribution is 2.41. The summed E-state index contributed by atoms with van der Waals surface area (Å²) in [6.45, 7) is 0.153. The molecule has 3 aromatic carbocycles. The zero-order valence-corrected chi connectivity index (χ0v) is 26.3. The van der Waals surface area contributed by atoms with Crippen molar-refractivity contribution in [1.29, 1.82) is 0 Å². The molecular weight excluding hydrogens is 616 g/mol. The Hall–Kier alpha value is -3.09. The van der Waals surface area contributed by atoms with Gasteiger partial charge in [0.25, 0.3) is 5.91 Å². The topological polar surface area (TPSA) is 92.9 Å². The molecule has 0 unspecified atom stereocenters. The molecule has 0 radical (unpaired) electrons. The van der Waals surface area contributed by atoms with E-state index in [0.717, 1.165) is 53.7 Å². The number of thiophene rings is 1. The summed E-state index contributed by atoms with van der Waals surface area (Å²) in [5, 5.41) is 1.49. The second-order valence-corrected chi connectivity index (χ2v) is 14.3. The molecule has 1 aliphatic carbocycles. The van der Waals surface area contributed by atoms with Crippen LogP contribution in [0.2, 0.25) is 5.02 Å². The summed E-state index contributed by atoms with van der Waals surface area (Å²) >= 11 is 7.40. The summed E-state index contributed by atoms with van der Waals surface area (Å²) in [6, 6.07) is 14.2. The van der Waals surface area contributed by atoms with Crippen LogP contribution in [-0.4, -0.2) is 56.7 Å². The molecule has 4 aromatic rings. The van der Waals surface area contributed by atoms with Crippen LogP contribution in [0.15, 0.2) is 59.5 Å². The second kappa shape index (κ2) is 12.5. The zero-order chi connectivity index (χ0) is 31.1. The molecule has 1 aromatic heterocycles. The number of hydrogen-bond donors (Lipinski definition) is 1. The first-order valence-electron chi connectivity index (χ1n) is 13.7. The number of rotatable bonds is 8. The van der Waals surface area contributed by atoms with Crippen LogP contribution in [0.5, 0.6) is 5.75 Å². The van der Waals surface area contributed by atoms with Crippen molar-refractivity contribution >= 4 is 48.8 Å². The molecule has 228 valence electrons. The van der Waals surface area contributed by atoms with Gasteiger partial charge in [-0.3, -0.25) is 10.6 Å². The maximum Gasteiger partial charge on any atom is 0.266 e. The Morgan fingerprint density at radius 3 is 2.19 bits per heavy atom. The zero-order valence-electron chi connectivity index (χ0n) is 23.9. The Balaban J connectivity index is 1.55. The first-order chi connectivity index (χ1) is 20.4. The molecule has 0 bridgehead atoms. The van der Waals surface area contributed by atoms with E-state index in [1.165, 1.54) is 0 Å². The molecule has 1 amide bonds. The number of carbonyl (C=O) groups is 1. The van der Waals surface area contributed by atoms with Gasteiger partial charge in [0, 0.05) is 37.5 Å². The van der Waals surface area contributed by atoms with E-state index in [4.69, 9.17) is 22.2 Å². The van der Waals surface area contributed by atoms with Gasteiger partial charge in [-0.1, -0.05) is 29.8 Å². The van der Waals surface area contributed by atoms with E-state index in [9.17, 15) is 22.0 Å². The SMILES string of the molecule is COc1ccc(-c2ccc(S(C)(=O)=O)cc2)cc1CN(C(=O)c1sc2c(F)ccc(F)c2c1Cl)C1CCC(N(C)N)CC1. The lowest BCUT2D eigenvalue weighted by Gasteiger charge is -2.38. The molecule has 7 nitrogen and oxygen atoms in total. The van der Waals surface area contributed by atoms with Crippen molar-refractivity contribution in [3.8, 4) is 16.9 Å². The van der Waals surface area contributed by atoms with Gasteiger partial charge in [-0.2, -0.15) is 0 Å². The lowest BCUT2D eigenvalue weighted by atomic mass is 9.89. The van der Waals surface area contributed by atoms with Gasteiger partial charge in [0.1, 0.15) is 22.3 Å². The van der Waals surface area contributed by atoms with E-state index in [-0.39, 0.29) is 43.5 Å². The van der Waals surface area contributed by atoms with Gasteiger partial charge in [-0.05, 0) is 73.2 Å².